The van der Waals surface area contributed by atoms with Gasteiger partial charge in [-0.1, -0.05) is 19.1 Å². The fraction of sp³-hybridized carbons (Fsp3) is 0.318. The zero-order chi connectivity index (χ0) is 22.6. The number of hydrogen-bond donors (Lipinski definition) is 6. The van der Waals surface area contributed by atoms with Crippen LogP contribution >= 0.6 is 0 Å². The van der Waals surface area contributed by atoms with Crippen LogP contribution in [-0.4, -0.2) is 43.3 Å². The van der Waals surface area contributed by atoms with Crippen molar-refractivity contribution in [1.29, 1.82) is 5.41 Å². The van der Waals surface area contributed by atoms with Gasteiger partial charge >= 0.3 is 6.03 Å². The summed E-state index contributed by atoms with van der Waals surface area (Å²) >= 11 is 0. The number of hydrogen-bond acceptors (Lipinski definition) is 7. The number of benzene rings is 1. The Labute approximate surface area is 183 Å². The van der Waals surface area contributed by atoms with Crippen molar-refractivity contribution in [3.8, 4) is 0 Å². The van der Waals surface area contributed by atoms with Gasteiger partial charge in [0.05, 0.1) is 0 Å². The second-order valence-electron chi connectivity index (χ2n) is 7.07. The lowest BCUT2D eigenvalue weighted by Gasteiger charge is -2.35. The summed E-state index contributed by atoms with van der Waals surface area (Å²) in [5.74, 6) is 0.702. The SMILES string of the molecule is CCCNCc1cccc(NC2C=CN/C(=C(C=N)/C=C(/C)NC(=O)NC=O)N2C)c1. The standard InChI is InChI=1S/C22H31N7O2/c1-4-9-24-14-17-6-5-7-19(12-17)28-20-8-10-25-21(29(20)3)18(13-23)11-16(2)27-22(31)26-15-30/h5-8,10-13,15,20,23-25,28H,4,9,14H2,1-3H3,(H2,26,27,30,31)/b16-11-,21-18+,23-13?. The van der Waals surface area contributed by atoms with Gasteiger partial charge in [0, 0.05) is 43.0 Å². The lowest BCUT2D eigenvalue weighted by atomic mass is 10.1. The van der Waals surface area contributed by atoms with Crippen LogP contribution in [0.3, 0.4) is 0 Å². The highest BCUT2D eigenvalue weighted by Crippen LogP contribution is 2.19. The molecule has 0 bridgehead atoms. The molecule has 2 rings (SSSR count). The molecule has 9 nitrogen and oxygen atoms in total. The summed E-state index contributed by atoms with van der Waals surface area (Å²) in [5, 5.41) is 22.4. The Morgan fingerprint density at radius 1 is 1.35 bits per heavy atom. The molecule has 0 aliphatic carbocycles. The van der Waals surface area contributed by atoms with E-state index in [9.17, 15) is 9.59 Å². The third-order valence-electron chi connectivity index (χ3n) is 4.57. The maximum atomic E-state index is 11.5. The van der Waals surface area contributed by atoms with Gasteiger partial charge in [-0.15, -0.1) is 0 Å². The van der Waals surface area contributed by atoms with E-state index in [-0.39, 0.29) is 6.17 Å². The second kappa shape index (κ2) is 12.2. The molecular weight excluding hydrogens is 394 g/mol. The third-order valence-corrected chi connectivity index (χ3v) is 4.57. The van der Waals surface area contributed by atoms with Crippen LogP contribution in [0.25, 0.3) is 0 Å². The minimum absolute atomic E-state index is 0.134. The Kier molecular flexibility index (Phi) is 9.31. The van der Waals surface area contributed by atoms with Crippen molar-refractivity contribution in [2.45, 2.75) is 33.0 Å². The fourth-order valence-corrected chi connectivity index (χ4v) is 3.09. The third kappa shape index (κ3) is 7.31. The molecule has 3 amide bonds. The normalized spacial score (nSPS) is 17.5. The van der Waals surface area contributed by atoms with Crippen molar-refractivity contribution in [3.63, 3.8) is 0 Å². The summed E-state index contributed by atoms with van der Waals surface area (Å²) in [4.78, 5) is 23.8. The topological polar surface area (TPSA) is 121 Å². The van der Waals surface area contributed by atoms with Crippen molar-refractivity contribution in [2.24, 2.45) is 0 Å². The molecule has 1 aromatic carbocycles. The quantitative estimate of drug-likeness (QED) is 0.194. The number of allylic oxidation sites excluding steroid dienone is 3. The molecule has 1 aliphatic heterocycles. The molecule has 0 spiro atoms. The lowest BCUT2D eigenvalue weighted by molar-refractivity contribution is -0.108. The van der Waals surface area contributed by atoms with Gasteiger partial charge in [0.1, 0.15) is 12.0 Å². The highest BCUT2D eigenvalue weighted by atomic mass is 16.2. The molecule has 9 heteroatoms. The molecule has 0 saturated heterocycles. The zero-order valence-corrected chi connectivity index (χ0v) is 18.2. The summed E-state index contributed by atoms with van der Waals surface area (Å²) in [6, 6.07) is 7.63. The second-order valence-corrected chi connectivity index (χ2v) is 7.07. The van der Waals surface area contributed by atoms with Crippen LogP contribution in [0.5, 0.6) is 0 Å². The summed E-state index contributed by atoms with van der Waals surface area (Å²) in [5.41, 5.74) is 3.26. The molecular formula is C22H31N7O2. The molecule has 6 N–H and O–H groups in total. The number of carbonyl (C=O) groups excluding carboxylic acids is 2. The molecule has 1 aliphatic rings. The number of amides is 3. The first-order valence-corrected chi connectivity index (χ1v) is 10.1. The van der Waals surface area contributed by atoms with Gasteiger partial charge in [-0.25, -0.2) is 4.79 Å². The fourth-order valence-electron chi connectivity index (χ4n) is 3.09. The number of carbonyl (C=O) groups is 2. The molecule has 0 fully saturated rings. The van der Waals surface area contributed by atoms with E-state index in [4.69, 9.17) is 5.41 Å². The molecule has 166 valence electrons. The summed E-state index contributed by atoms with van der Waals surface area (Å²) in [7, 11) is 1.91. The summed E-state index contributed by atoms with van der Waals surface area (Å²) < 4.78 is 0. The number of anilines is 1. The van der Waals surface area contributed by atoms with Gasteiger partial charge in [-0.05, 0) is 49.7 Å². The van der Waals surface area contributed by atoms with Crippen LogP contribution in [0.4, 0.5) is 10.5 Å². The van der Waals surface area contributed by atoms with Crippen LogP contribution in [0.15, 0.2) is 59.7 Å². The van der Waals surface area contributed by atoms with Crippen molar-refractivity contribution < 1.29 is 9.59 Å². The first-order valence-electron chi connectivity index (χ1n) is 10.1. The molecule has 0 aromatic heterocycles. The maximum Gasteiger partial charge on any atom is 0.325 e. The van der Waals surface area contributed by atoms with Crippen LogP contribution in [0, 0.1) is 5.41 Å². The zero-order valence-electron chi connectivity index (χ0n) is 18.2. The Bertz CT molecular complexity index is 876. The average molecular weight is 426 g/mol. The Hall–Kier alpha value is -3.59. The van der Waals surface area contributed by atoms with Crippen LogP contribution in [0.2, 0.25) is 0 Å². The maximum absolute atomic E-state index is 11.5. The van der Waals surface area contributed by atoms with Gasteiger partial charge < -0.3 is 31.6 Å². The molecule has 1 heterocycles. The van der Waals surface area contributed by atoms with E-state index >= 15 is 0 Å². The van der Waals surface area contributed by atoms with Crippen molar-refractivity contribution in [2.75, 3.05) is 18.9 Å². The van der Waals surface area contributed by atoms with E-state index in [1.807, 2.05) is 41.7 Å². The number of nitrogens with one attached hydrogen (secondary N) is 6. The van der Waals surface area contributed by atoms with Gasteiger partial charge in [0.15, 0.2) is 0 Å². The number of imide groups is 1. The summed E-state index contributed by atoms with van der Waals surface area (Å²) in [6.07, 6.45) is 7.94. The van der Waals surface area contributed by atoms with E-state index < -0.39 is 6.03 Å². The highest BCUT2D eigenvalue weighted by molar-refractivity contribution is 5.86. The van der Waals surface area contributed by atoms with Crippen LogP contribution in [-0.2, 0) is 11.3 Å². The lowest BCUT2D eigenvalue weighted by Crippen LogP contribution is -2.43. The Morgan fingerprint density at radius 3 is 2.87 bits per heavy atom. The van der Waals surface area contributed by atoms with Gasteiger partial charge in [-0.2, -0.15) is 0 Å². The minimum atomic E-state index is -0.629. The first-order chi connectivity index (χ1) is 15.0. The van der Waals surface area contributed by atoms with E-state index in [1.54, 1.807) is 13.0 Å². The average Bonchev–Trinajstić information content (AvgIpc) is 2.74. The van der Waals surface area contributed by atoms with Gasteiger partial charge in [0.2, 0.25) is 6.41 Å². The predicted octanol–water partition coefficient (Wildman–Crippen LogP) is 2.19. The van der Waals surface area contributed by atoms with E-state index in [2.05, 4.69) is 40.3 Å². The molecule has 31 heavy (non-hydrogen) atoms. The molecule has 1 aromatic rings. The number of nitrogens with zero attached hydrogens (tertiary/aromatic N) is 1. The number of likely N-dealkylation sites (N-methyl/N-ethyl adjacent to an activating group) is 1. The van der Waals surface area contributed by atoms with Crippen molar-refractivity contribution >= 4 is 24.3 Å². The number of rotatable bonds is 10. The smallest absolute Gasteiger partial charge is 0.325 e. The van der Waals surface area contributed by atoms with E-state index in [1.165, 1.54) is 11.8 Å². The summed E-state index contributed by atoms with van der Waals surface area (Å²) in [6.45, 7) is 5.63. The predicted molar refractivity (Wildman–Crippen MR) is 123 cm³/mol. The molecule has 1 unspecified atom stereocenters. The molecule has 0 radical (unpaired) electrons. The van der Waals surface area contributed by atoms with Gasteiger partial charge in [-0.3, -0.25) is 10.1 Å². The molecule has 0 saturated carbocycles. The van der Waals surface area contributed by atoms with Crippen LogP contribution < -0.4 is 26.6 Å². The van der Waals surface area contributed by atoms with E-state index in [0.717, 1.165) is 25.2 Å². The Balaban J connectivity index is 2.15. The monoisotopic (exact) mass is 425 g/mol. The van der Waals surface area contributed by atoms with Crippen LogP contribution in [0.1, 0.15) is 25.8 Å². The van der Waals surface area contributed by atoms with E-state index in [0.29, 0.717) is 23.5 Å². The van der Waals surface area contributed by atoms with Crippen molar-refractivity contribution in [1.82, 2.24) is 26.2 Å². The minimum Gasteiger partial charge on any atom is -0.362 e. The Morgan fingerprint density at radius 2 is 2.16 bits per heavy atom. The highest BCUT2D eigenvalue weighted by Gasteiger charge is 2.20. The number of urea groups is 1. The van der Waals surface area contributed by atoms with Crippen molar-refractivity contribution in [3.05, 3.63) is 65.3 Å². The van der Waals surface area contributed by atoms with Gasteiger partial charge in [0.25, 0.3) is 0 Å². The largest absolute Gasteiger partial charge is 0.362 e. The molecule has 1 atom stereocenters. The first kappa shape index (κ1) is 23.7.